The number of anilines is 1. The molecule has 0 bridgehead atoms. The lowest BCUT2D eigenvalue weighted by molar-refractivity contribution is 0.102. The molecule has 0 atom stereocenters. The van der Waals surface area contributed by atoms with E-state index in [9.17, 15) is 4.79 Å². The molecule has 0 aliphatic rings. The van der Waals surface area contributed by atoms with Crippen LogP contribution < -0.4 is 11.1 Å². The number of nitrogens with one attached hydrogen (secondary N) is 1. The maximum atomic E-state index is 12.0. The average Bonchev–Trinajstić information content (AvgIpc) is 2.89. The van der Waals surface area contributed by atoms with Crippen molar-refractivity contribution in [2.75, 3.05) is 18.1 Å². The fraction of sp³-hybridized carbons (Fsp3) is 0.231. The lowest BCUT2D eigenvalue weighted by Crippen LogP contribution is -2.12. The second-order valence-corrected chi connectivity index (χ2v) is 4.85. The van der Waals surface area contributed by atoms with Crippen LogP contribution in [0.1, 0.15) is 10.5 Å². The predicted octanol–water partition coefficient (Wildman–Crippen LogP) is 1.82. The second kappa shape index (κ2) is 6.40. The SMILES string of the molecule is CSc1ccc(NC(=O)c2cn(CCN)cn2)cc1. The molecule has 2 aromatic rings. The molecule has 0 saturated heterocycles. The molecule has 1 aromatic heterocycles. The van der Waals surface area contributed by atoms with Gasteiger partial charge in [-0.05, 0) is 30.5 Å². The molecule has 0 saturated carbocycles. The van der Waals surface area contributed by atoms with Crippen molar-refractivity contribution in [2.45, 2.75) is 11.4 Å². The Morgan fingerprint density at radius 1 is 1.42 bits per heavy atom. The normalized spacial score (nSPS) is 10.4. The van der Waals surface area contributed by atoms with Gasteiger partial charge in [0.2, 0.25) is 0 Å². The number of rotatable bonds is 5. The van der Waals surface area contributed by atoms with E-state index in [1.54, 1.807) is 28.9 Å². The van der Waals surface area contributed by atoms with Gasteiger partial charge in [-0.3, -0.25) is 4.79 Å². The quantitative estimate of drug-likeness (QED) is 0.817. The monoisotopic (exact) mass is 276 g/mol. The van der Waals surface area contributed by atoms with Crippen LogP contribution in [0, 0.1) is 0 Å². The van der Waals surface area contributed by atoms with Crippen molar-refractivity contribution in [3.63, 3.8) is 0 Å². The molecular formula is C13H16N4OS. The number of hydrogen-bond donors (Lipinski definition) is 2. The van der Waals surface area contributed by atoms with Gasteiger partial charge in [0.25, 0.3) is 5.91 Å². The zero-order chi connectivity index (χ0) is 13.7. The molecule has 1 amide bonds. The number of nitrogens with two attached hydrogens (primary N) is 1. The Kier molecular flexibility index (Phi) is 4.59. The number of nitrogens with zero attached hydrogens (tertiary/aromatic N) is 2. The molecule has 0 aliphatic carbocycles. The minimum absolute atomic E-state index is 0.215. The van der Waals surface area contributed by atoms with Crippen LogP contribution in [0.15, 0.2) is 41.7 Å². The van der Waals surface area contributed by atoms with E-state index in [2.05, 4.69) is 10.3 Å². The van der Waals surface area contributed by atoms with Gasteiger partial charge in [0.1, 0.15) is 5.69 Å². The highest BCUT2D eigenvalue weighted by Crippen LogP contribution is 2.17. The summed E-state index contributed by atoms with van der Waals surface area (Å²) in [6.07, 6.45) is 5.31. The van der Waals surface area contributed by atoms with Crippen molar-refractivity contribution in [3.05, 3.63) is 42.5 Å². The van der Waals surface area contributed by atoms with Gasteiger partial charge in [-0.25, -0.2) is 4.98 Å². The Bertz CT molecular complexity index is 550. The van der Waals surface area contributed by atoms with Crippen molar-refractivity contribution < 1.29 is 4.79 Å². The third kappa shape index (κ3) is 3.59. The van der Waals surface area contributed by atoms with Crippen LogP contribution in [0.2, 0.25) is 0 Å². The van der Waals surface area contributed by atoms with Crippen LogP contribution in [0.4, 0.5) is 5.69 Å². The van der Waals surface area contributed by atoms with E-state index in [1.807, 2.05) is 30.5 Å². The maximum Gasteiger partial charge on any atom is 0.275 e. The summed E-state index contributed by atoms with van der Waals surface area (Å²) in [4.78, 5) is 17.2. The van der Waals surface area contributed by atoms with Gasteiger partial charge in [0.15, 0.2) is 0 Å². The first-order chi connectivity index (χ1) is 9.22. The zero-order valence-corrected chi connectivity index (χ0v) is 11.5. The summed E-state index contributed by atoms with van der Waals surface area (Å²) in [6.45, 7) is 1.18. The van der Waals surface area contributed by atoms with Crippen molar-refractivity contribution in [3.8, 4) is 0 Å². The minimum atomic E-state index is -0.215. The summed E-state index contributed by atoms with van der Waals surface area (Å²) < 4.78 is 1.80. The van der Waals surface area contributed by atoms with Crippen molar-refractivity contribution in [1.29, 1.82) is 0 Å². The van der Waals surface area contributed by atoms with Gasteiger partial charge < -0.3 is 15.6 Å². The standard InChI is InChI=1S/C13H16N4OS/c1-19-11-4-2-10(3-5-11)16-13(18)12-8-17(7-6-14)9-15-12/h2-5,8-9H,6-7,14H2,1H3,(H,16,18). The molecule has 100 valence electrons. The van der Waals surface area contributed by atoms with Gasteiger partial charge in [0, 0.05) is 29.9 Å². The molecule has 5 nitrogen and oxygen atoms in total. The molecule has 19 heavy (non-hydrogen) atoms. The number of hydrogen-bond acceptors (Lipinski definition) is 4. The lowest BCUT2D eigenvalue weighted by atomic mass is 10.3. The van der Waals surface area contributed by atoms with E-state index in [0.29, 0.717) is 18.8 Å². The van der Waals surface area contributed by atoms with Crippen LogP contribution in [0.3, 0.4) is 0 Å². The highest BCUT2D eigenvalue weighted by molar-refractivity contribution is 7.98. The lowest BCUT2D eigenvalue weighted by Gasteiger charge is -2.03. The number of imidazole rings is 1. The topological polar surface area (TPSA) is 72.9 Å². The average molecular weight is 276 g/mol. The van der Waals surface area contributed by atoms with Crippen molar-refractivity contribution in [1.82, 2.24) is 9.55 Å². The first-order valence-electron chi connectivity index (χ1n) is 5.90. The molecule has 1 heterocycles. The van der Waals surface area contributed by atoms with Crippen LogP contribution in [-0.4, -0.2) is 28.3 Å². The maximum absolute atomic E-state index is 12.0. The second-order valence-electron chi connectivity index (χ2n) is 3.97. The van der Waals surface area contributed by atoms with Crippen molar-refractivity contribution >= 4 is 23.4 Å². The summed E-state index contributed by atoms with van der Waals surface area (Å²) in [5.74, 6) is -0.215. The Balaban J connectivity index is 2.02. The van der Waals surface area contributed by atoms with Crippen LogP contribution in [-0.2, 0) is 6.54 Å². The van der Waals surface area contributed by atoms with Gasteiger partial charge >= 0.3 is 0 Å². The van der Waals surface area contributed by atoms with Crippen LogP contribution in [0.5, 0.6) is 0 Å². The van der Waals surface area contributed by atoms with Crippen LogP contribution >= 0.6 is 11.8 Å². The smallest absolute Gasteiger partial charge is 0.275 e. The third-order valence-electron chi connectivity index (χ3n) is 2.60. The van der Waals surface area contributed by atoms with E-state index < -0.39 is 0 Å². The largest absolute Gasteiger partial charge is 0.335 e. The Hall–Kier alpha value is -1.79. The molecule has 0 radical (unpaired) electrons. The highest BCUT2D eigenvalue weighted by atomic mass is 32.2. The Labute approximate surface area is 116 Å². The summed E-state index contributed by atoms with van der Waals surface area (Å²) in [5.41, 5.74) is 6.60. The van der Waals surface area contributed by atoms with E-state index >= 15 is 0 Å². The first-order valence-corrected chi connectivity index (χ1v) is 7.12. The van der Waals surface area contributed by atoms with Gasteiger partial charge in [-0.1, -0.05) is 0 Å². The fourth-order valence-corrected chi connectivity index (χ4v) is 2.03. The molecule has 0 spiro atoms. The number of amides is 1. The molecule has 0 fully saturated rings. The summed E-state index contributed by atoms with van der Waals surface area (Å²) in [7, 11) is 0. The zero-order valence-electron chi connectivity index (χ0n) is 10.7. The third-order valence-corrected chi connectivity index (χ3v) is 3.34. The van der Waals surface area contributed by atoms with Crippen LogP contribution in [0.25, 0.3) is 0 Å². The van der Waals surface area contributed by atoms with Gasteiger partial charge in [-0.15, -0.1) is 11.8 Å². The van der Waals surface area contributed by atoms with Gasteiger partial charge in [0.05, 0.1) is 6.33 Å². The number of aromatic nitrogens is 2. The molecule has 3 N–H and O–H groups in total. The van der Waals surface area contributed by atoms with E-state index in [0.717, 1.165) is 10.6 Å². The summed E-state index contributed by atoms with van der Waals surface area (Å²) >= 11 is 1.66. The molecule has 6 heteroatoms. The van der Waals surface area contributed by atoms with Crippen molar-refractivity contribution in [2.24, 2.45) is 5.73 Å². The number of carbonyl (C=O) groups excluding carboxylic acids is 1. The number of thioether (sulfide) groups is 1. The fourth-order valence-electron chi connectivity index (χ4n) is 1.62. The molecule has 0 aliphatic heterocycles. The highest BCUT2D eigenvalue weighted by Gasteiger charge is 2.09. The first kappa shape index (κ1) is 13.6. The van der Waals surface area contributed by atoms with E-state index in [1.165, 1.54) is 0 Å². The van der Waals surface area contributed by atoms with E-state index in [-0.39, 0.29) is 5.91 Å². The van der Waals surface area contributed by atoms with E-state index in [4.69, 9.17) is 5.73 Å². The number of carbonyl (C=O) groups is 1. The minimum Gasteiger partial charge on any atom is -0.335 e. The number of benzene rings is 1. The molecule has 1 aromatic carbocycles. The Morgan fingerprint density at radius 3 is 2.79 bits per heavy atom. The summed E-state index contributed by atoms with van der Waals surface area (Å²) in [6, 6.07) is 7.68. The molecular weight excluding hydrogens is 260 g/mol. The Morgan fingerprint density at radius 2 is 2.16 bits per heavy atom. The molecule has 0 unspecified atom stereocenters. The summed E-state index contributed by atoms with van der Waals surface area (Å²) in [5, 5.41) is 2.81. The predicted molar refractivity (Wildman–Crippen MR) is 77.5 cm³/mol. The van der Waals surface area contributed by atoms with Gasteiger partial charge in [-0.2, -0.15) is 0 Å². The molecule has 2 rings (SSSR count).